The van der Waals surface area contributed by atoms with Crippen LogP contribution in [-0.4, -0.2) is 37.4 Å². The first kappa shape index (κ1) is 32.4. The highest BCUT2D eigenvalue weighted by atomic mass is 28.4. The fraction of sp³-hybridized carbons (Fsp3) is 0.618. The SMILES string of the molecule is CC(C)c1nc2c(c(C3=CCC4(CC3)OCCO4)c1C(O)c1ccc(C(F)(F)F)cc1)C(O[Si](C)(C)C(C)(C)C)CCC2. The van der Waals surface area contributed by atoms with Crippen molar-refractivity contribution in [2.24, 2.45) is 0 Å². The van der Waals surface area contributed by atoms with Crippen molar-refractivity contribution in [3.8, 4) is 0 Å². The Balaban J connectivity index is 1.71. The highest BCUT2D eigenvalue weighted by Crippen LogP contribution is 2.50. The van der Waals surface area contributed by atoms with E-state index in [0.717, 1.165) is 59.5 Å². The Morgan fingerprint density at radius 1 is 1.05 bits per heavy atom. The zero-order valence-corrected chi connectivity index (χ0v) is 27.5. The van der Waals surface area contributed by atoms with Crippen LogP contribution >= 0.6 is 0 Å². The molecule has 1 N–H and O–H groups in total. The van der Waals surface area contributed by atoms with Gasteiger partial charge in [-0.1, -0.05) is 52.8 Å². The lowest BCUT2D eigenvalue weighted by atomic mass is 9.77. The number of nitrogens with zero attached hydrogens (tertiary/aromatic N) is 1. The fourth-order valence-electron chi connectivity index (χ4n) is 6.35. The average molecular weight is 618 g/mol. The van der Waals surface area contributed by atoms with Crippen LogP contribution in [0.3, 0.4) is 0 Å². The molecule has 2 aromatic rings. The summed E-state index contributed by atoms with van der Waals surface area (Å²) in [7, 11) is -2.18. The van der Waals surface area contributed by atoms with E-state index in [1.807, 2.05) is 0 Å². The van der Waals surface area contributed by atoms with E-state index in [4.69, 9.17) is 18.9 Å². The first-order valence-electron chi connectivity index (χ1n) is 15.6. The summed E-state index contributed by atoms with van der Waals surface area (Å²) >= 11 is 0. The molecule has 5 rings (SSSR count). The van der Waals surface area contributed by atoms with Gasteiger partial charge in [0.25, 0.3) is 0 Å². The van der Waals surface area contributed by atoms with E-state index in [0.29, 0.717) is 43.6 Å². The highest BCUT2D eigenvalue weighted by molar-refractivity contribution is 6.74. The van der Waals surface area contributed by atoms with Gasteiger partial charge in [-0.15, -0.1) is 0 Å². The molecule has 2 unspecified atom stereocenters. The molecule has 1 spiro atoms. The van der Waals surface area contributed by atoms with Gasteiger partial charge in [-0.05, 0) is 78.6 Å². The van der Waals surface area contributed by atoms with E-state index in [1.165, 1.54) is 12.1 Å². The van der Waals surface area contributed by atoms with Gasteiger partial charge in [0, 0.05) is 35.4 Å². The maximum absolute atomic E-state index is 13.4. The summed E-state index contributed by atoms with van der Waals surface area (Å²) in [6.45, 7) is 16.5. The molecule has 2 atom stereocenters. The molecular formula is C34H46F3NO4Si. The topological polar surface area (TPSA) is 60.8 Å². The van der Waals surface area contributed by atoms with Gasteiger partial charge in [0.05, 0.1) is 24.9 Å². The van der Waals surface area contributed by atoms with Crippen molar-refractivity contribution in [2.45, 2.75) is 121 Å². The lowest BCUT2D eigenvalue weighted by Gasteiger charge is -2.42. The molecule has 1 fully saturated rings. The Bertz CT molecular complexity index is 1360. The van der Waals surface area contributed by atoms with Crippen molar-refractivity contribution in [1.82, 2.24) is 4.98 Å². The van der Waals surface area contributed by atoms with Crippen LogP contribution in [0.5, 0.6) is 0 Å². The maximum Gasteiger partial charge on any atom is 0.416 e. The quantitative estimate of drug-likeness (QED) is 0.328. The number of hydrogen-bond donors (Lipinski definition) is 1. The Morgan fingerprint density at radius 3 is 2.23 bits per heavy atom. The van der Waals surface area contributed by atoms with Crippen LogP contribution < -0.4 is 0 Å². The van der Waals surface area contributed by atoms with Crippen LogP contribution in [0.2, 0.25) is 18.1 Å². The summed E-state index contributed by atoms with van der Waals surface area (Å²) in [6.07, 6.45) is 1.00. The number of aliphatic hydroxyl groups excluding tert-OH is 1. The molecule has 236 valence electrons. The third-order valence-electron chi connectivity index (χ3n) is 9.77. The lowest BCUT2D eigenvalue weighted by Crippen LogP contribution is -2.42. The number of halogens is 3. The summed E-state index contributed by atoms with van der Waals surface area (Å²) in [5.74, 6) is -0.623. The second kappa shape index (κ2) is 11.7. The van der Waals surface area contributed by atoms with Gasteiger partial charge in [-0.3, -0.25) is 4.98 Å². The van der Waals surface area contributed by atoms with Gasteiger partial charge in [0.15, 0.2) is 14.1 Å². The molecule has 0 radical (unpaired) electrons. The molecule has 0 bridgehead atoms. The molecule has 5 nitrogen and oxygen atoms in total. The predicted octanol–water partition coefficient (Wildman–Crippen LogP) is 9.02. The van der Waals surface area contributed by atoms with Crippen molar-refractivity contribution < 1.29 is 32.2 Å². The molecule has 43 heavy (non-hydrogen) atoms. The Hall–Kier alpha value is -2.04. The summed E-state index contributed by atoms with van der Waals surface area (Å²) < 4.78 is 59.3. The first-order valence-corrected chi connectivity index (χ1v) is 18.5. The molecule has 0 amide bonds. The standard InChI is InChI=1S/C34H46F3NO4Si/c1-21(2)30-29(31(39)23-11-13-24(14-12-23)34(35,36)37)27(22-15-17-33(18-16-22)40-19-20-41-33)28-25(38-30)9-8-10-26(28)42-43(6,7)32(3,4)5/h11-15,21,26,31,39H,8-10,16-20H2,1-7H3. The maximum atomic E-state index is 13.4. The molecule has 1 aliphatic heterocycles. The van der Waals surface area contributed by atoms with Gasteiger partial charge >= 0.3 is 6.18 Å². The minimum Gasteiger partial charge on any atom is -0.410 e. The van der Waals surface area contributed by atoms with E-state index in [-0.39, 0.29) is 17.1 Å². The summed E-state index contributed by atoms with van der Waals surface area (Å²) in [4.78, 5) is 5.20. The number of aliphatic hydroxyl groups is 1. The van der Waals surface area contributed by atoms with Gasteiger partial charge < -0.3 is 19.0 Å². The lowest BCUT2D eigenvalue weighted by molar-refractivity contribution is -0.159. The second-order valence-electron chi connectivity index (χ2n) is 14.1. The second-order valence-corrected chi connectivity index (χ2v) is 18.9. The van der Waals surface area contributed by atoms with Crippen molar-refractivity contribution in [3.05, 3.63) is 69.5 Å². The van der Waals surface area contributed by atoms with Crippen molar-refractivity contribution in [1.29, 1.82) is 0 Å². The van der Waals surface area contributed by atoms with Crippen molar-refractivity contribution in [3.63, 3.8) is 0 Å². The number of benzene rings is 1. The average Bonchev–Trinajstić information content (AvgIpc) is 3.39. The minimum atomic E-state index is -4.45. The van der Waals surface area contributed by atoms with E-state index < -0.39 is 31.9 Å². The summed E-state index contributed by atoms with van der Waals surface area (Å²) in [5, 5.41) is 12.1. The Labute approximate surface area is 255 Å². The molecule has 1 aromatic heterocycles. The minimum absolute atomic E-state index is 0.00624. The predicted molar refractivity (Wildman–Crippen MR) is 164 cm³/mol. The molecule has 9 heteroatoms. The van der Waals surface area contributed by atoms with Crippen molar-refractivity contribution >= 4 is 13.9 Å². The molecule has 0 saturated carbocycles. The van der Waals surface area contributed by atoms with Crippen LogP contribution in [0.25, 0.3) is 5.57 Å². The summed E-state index contributed by atoms with van der Waals surface area (Å²) in [6, 6.07) is 4.85. The van der Waals surface area contributed by atoms with Crippen molar-refractivity contribution in [2.75, 3.05) is 13.2 Å². The number of allylic oxidation sites excluding steroid dienone is 1. The molecule has 1 aromatic carbocycles. The van der Waals surface area contributed by atoms with Crippen LogP contribution in [0.15, 0.2) is 30.3 Å². The van der Waals surface area contributed by atoms with Gasteiger partial charge in [0.1, 0.15) is 6.10 Å². The molecule has 1 saturated heterocycles. The van der Waals surface area contributed by atoms with E-state index in [1.54, 1.807) is 0 Å². The van der Waals surface area contributed by atoms with Gasteiger partial charge in [0.2, 0.25) is 0 Å². The van der Waals surface area contributed by atoms with E-state index in [9.17, 15) is 18.3 Å². The van der Waals surface area contributed by atoms with Crippen LogP contribution in [0, 0.1) is 0 Å². The zero-order chi connectivity index (χ0) is 31.4. The number of hydrogen-bond acceptors (Lipinski definition) is 5. The number of rotatable bonds is 6. The van der Waals surface area contributed by atoms with Gasteiger partial charge in [-0.2, -0.15) is 13.2 Å². The Kier molecular flexibility index (Phi) is 8.81. The number of pyridine rings is 1. The molecule has 2 heterocycles. The number of aromatic nitrogens is 1. The van der Waals surface area contributed by atoms with Gasteiger partial charge in [-0.25, -0.2) is 0 Å². The number of aryl methyl sites for hydroxylation is 1. The zero-order valence-electron chi connectivity index (χ0n) is 26.5. The summed E-state index contributed by atoms with van der Waals surface area (Å²) in [5.41, 5.74) is 5.22. The number of ether oxygens (including phenoxy) is 2. The first-order chi connectivity index (χ1) is 20.0. The van der Waals surface area contributed by atoms with Crippen LogP contribution in [0.4, 0.5) is 13.2 Å². The van der Waals surface area contributed by atoms with E-state index in [2.05, 4.69) is 53.8 Å². The Morgan fingerprint density at radius 2 is 1.70 bits per heavy atom. The third-order valence-corrected chi connectivity index (χ3v) is 14.3. The molecular weight excluding hydrogens is 571 g/mol. The monoisotopic (exact) mass is 617 g/mol. The molecule has 3 aliphatic rings. The third kappa shape index (κ3) is 6.38. The smallest absolute Gasteiger partial charge is 0.410 e. The van der Waals surface area contributed by atoms with E-state index >= 15 is 0 Å². The largest absolute Gasteiger partial charge is 0.416 e. The highest BCUT2D eigenvalue weighted by Gasteiger charge is 2.44. The molecule has 2 aliphatic carbocycles. The number of alkyl halides is 3. The number of fused-ring (bicyclic) bond motifs is 1. The van der Waals surface area contributed by atoms with Crippen LogP contribution in [-0.2, 0) is 26.5 Å². The fourth-order valence-corrected chi connectivity index (χ4v) is 7.65. The van der Waals surface area contributed by atoms with Crippen LogP contribution in [0.1, 0.15) is 124 Å². The normalized spacial score (nSPS) is 21.7.